The summed E-state index contributed by atoms with van der Waals surface area (Å²) < 4.78 is 0. The summed E-state index contributed by atoms with van der Waals surface area (Å²) in [6.45, 7) is 6.13. The highest BCUT2D eigenvalue weighted by atomic mass is 32.1. The van der Waals surface area contributed by atoms with Crippen LogP contribution in [0.5, 0.6) is 0 Å². The number of rotatable bonds is 2. The molecule has 5 heteroatoms. The van der Waals surface area contributed by atoms with Gasteiger partial charge in [0.15, 0.2) is 0 Å². The van der Waals surface area contributed by atoms with Crippen molar-refractivity contribution in [3.63, 3.8) is 0 Å². The lowest BCUT2D eigenvalue weighted by molar-refractivity contribution is -0.130. The molecule has 1 aliphatic carbocycles. The molecule has 0 N–H and O–H groups in total. The average Bonchev–Trinajstić information content (AvgIpc) is 2.90. The van der Waals surface area contributed by atoms with E-state index in [0.717, 1.165) is 45.6 Å². The zero-order chi connectivity index (χ0) is 16.5. The summed E-state index contributed by atoms with van der Waals surface area (Å²) >= 11 is 1.88. The second-order valence-electron chi connectivity index (χ2n) is 6.67. The smallest absolute Gasteiger partial charge is 0.219 e. The molecule has 0 atom stereocenters. The molecule has 1 aromatic heterocycles. The minimum Gasteiger partial charge on any atom is -0.340 e. The van der Waals surface area contributed by atoms with Crippen LogP contribution in [0.1, 0.15) is 28.8 Å². The molecule has 1 amide bonds. The number of hydrogen-bond acceptors (Lipinski definition) is 4. The number of carbonyl (C=O) groups excluding carboxylic acids is 1. The van der Waals surface area contributed by atoms with E-state index in [-0.39, 0.29) is 5.91 Å². The van der Waals surface area contributed by atoms with Gasteiger partial charge in [0.05, 0.1) is 12.2 Å². The first kappa shape index (κ1) is 15.8. The van der Waals surface area contributed by atoms with Crippen molar-refractivity contribution in [2.24, 2.45) is 0 Å². The van der Waals surface area contributed by atoms with Gasteiger partial charge in [-0.05, 0) is 24.8 Å². The maximum atomic E-state index is 11.4. The lowest BCUT2D eigenvalue weighted by atomic mass is 10.0. The number of nitrogens with zero attached hydrogens (tertiary/aromatic N) is 3. The van der Waals surface area contributed by atoms with Gasteiger partial charge >= 0.3 is 0 Å². The number of piperazine rings is 1. The summed E-state index contributed by atoms with van der Waals surface area (Å²) in [6.07, 6.45) is 3.50. The van der Waals surface area contributed by atoms with Crippen molar-refractivity contribution in [1.29, 1.82) is 0 Å². The number of amides is 1. The van der Waals surface area contributed by atoms with Gasteiger partial charge in [-0.25, -0.2) is 4.98 Å². The molecular weight excluding hydrogens is 318 g/mol. The Morgan fingerprint density at radius 2 is 1.96 bits per heavy atom. The average molecular weight is 341 g/mol. The van der Waals surface area contributed by atoms with Crippen molar-refractivity contribution in [2.75, 3.05) is 26.2 Å². The Labute approximate surface area is 147 Å². The zero-order valence-electron chi connectivity index (χ0n) is 14.1. The van der Waals surface area contributed by atoms with Gasteiger partial charge in [-0.1, -0.05) is 24.3 Å². The Morgan fingerprint density at radius 3 is 2.75 bits per heavy atom. The summed E-state index contributed by atoms with van der Waals surface area (Å²) in [5.74, 6) is 0.187. The molecule has 0 bridgehead atoms. The van der Waals surface area contributed by atoms with Crippen LogP contribution in [-0.4, -0.2) is 46.9 Å². The molecule has 2 aromatic rings. The van der Waals surface area contributed by atoms with E-state index in [1.807, 2.05) is 16.2 Å². The highest BCUT2D eigenvalue weighted by molar-refractivity contribution is 7.12. The fourth-order valence-corrected chi connectivity index (χ4v) is 4.84. The predicted octanol–water partition coefficient (Wildman–Crippen LogP) is 2.96. The number of aryl methyl sites for hydroxylation is 2. The zero-order valence-corrected chi connectivity index (χ0v) is 14.9. The molecular formula is C19H23N3OS. The van der Waals surface area contributed by atoms with Crippen molar-refractivity contribution in [2.45, 2.75) is 32.7 Å². The summed E-state index contributed by atoms with van der Waals surface area (Å²) in [6, 6.07) is 8.71. The maximum Gasteiger partial charge on any atom is 0.219 e. The molecule has 24 heavy (non-hydrogen) atoms. The van der Waals surface area contributed by atoms with Crippen LogP contribution in [0.4, 0.5) is 0 Å². The van der Waals surface area contributed by atoms with E-state index in [1.165, 1.54) is 33.1 Å². The fraction of sp³-hybridized carbons (Fsp3) is 0.474. The van der Waals surface area contributed by atoms with E-state index in [1.54, 1.807) is 6.92 Å². The first-order chi connectivity index (χ1) is 11.7. The van der Waals surface area contributed by atoms with E-state index >= 15 is 0 Å². The van der Waals surface area contributed by atoms with E-state index < -0.39 is 0 Å². The van der Waals surface area contributed by atoms with Gasteiger partial charge in [-0.15, -0.1) is 11.3 Å². The molecule has 2 heterocycles. The third-order valence-corrected chi connectivity index (χ3v) is 6.14. The van der Waals surface area contributed by atoms with Crippen molar-refractivity contribution < 1.29 is 4.79 Å². The lowest BCUT2D eigenvalue weighted by Gasteiger charge is -2.33. The van der Waals surface area contributed by atoms with Gasteiger partial charge in [0.1, 0.15) is 5.01 Å². The van der Waals surface area contributed by atoms with E-state index in [9.17, 15) is 4.79 Å². The number of aromatic nitrogens is 1. The standard InChI is InChI=1S/C19H23N3OS/c1-14(23)22-11-9-21(10-12-22)13-18-20-19-16-7-3-2-5-15(16)6-4-8-17(19)24-18/h2-3,5,7H,4,6,8-13H2,1H3. The Hall–Kier alpha value is -1.72. The topological polar surface area (TPSA) is 36.4 Å². The van der Waals surface area contributed by atoms with Crippen molar-refractivity contribution in [1.82, 2.24) is 14.8 Å². The van der Waals surface area contributed by atoms with Gasteiger partial charge in [0.2, 0.25) is 5.91 Å². The fourth-order valence-electron chi connectivity index (χ4n) is 3.67. The van der Waals surface area contributed by atoms with Crippen molar-refractivity contribution >= 4 is 17.2 Å². The molecule has 2 aliphatic rings. The Bertz CT molecular complexity index is 747. The summed E-state index contributed by atoms with van der Waals surface area (Å²) in [5, 5.41) is 1.22. The second kappa shape index (κ2) is 6.65. The van der Waals surface area contributed by atoms with Crippen LogP contribution in [0.2, 0.25) is 0 Å². The number of thiazole rings is 1. The third kappa shape index (κ3) is 3.10. The van der Waals surface area contributed by atoms with Crippen molar-refractivity contribution in [3.8, 4) is 11.3 Å². The molecule has 0 spiro atoms. The Balaban J connectivity index is 1.51. The van der Waals surface area contributed by atoms with Gasteiger partial charge in [0.25, 0.3) is 0 Å². The SMILES string of the molecule is CC(=O)N1CCN(Cc2nc3c(s2)CCCc2ccccc2-3)CC1. The molecule has 0 saturated carbocycles. The molecule has 4 rings (SSSR count). The van der Waals surface area contributed by atoms with Crippen LogP contribution >= 0.6 is 11.3 Å². The highest BCUT2D eigenvalue weighted by Gasteiger charge is 2.22. The number of hydrogen-bond donors (Lipinski definition) is 0. The molecule has 126 valence electrons. The van der Waals surface area contributed by atoms with Crippen LogP contribution in [0.3, 0.4) is 0 Å². The molecule has 0 unspecified atom stereocenters. The van der Waals surface area contributed by atoms with Crippen LogP contribution in [0.25, 0.3) is 11.3 Å². The Morgan fingerprint density at radius 1 is 1.17 bits per heavy atom. The maximum absolute atomic E-state index is 11.4. The molecule has 4 nitrogen and oxygen atoms in total. The van der Waals surface area contributed by atoms with Gasteiger partial charge in [-0.2, -0.15) is 0 Å². The Kier molecular flexibility index (Phi) is 4.37. The van der Waals surface area contributed by atoms with Gasteiger partial charge < -0.3 is 4.90 Å². The van der Waals surface area contributed by atoms with Gasteiger partial charge in [0, 0.05) is 43.5 Å². The van der Waals surface area contributed by atoms with Crippen LogP contribution in [0, 0.1) is 0 Å². The second-order valence-corrected chi connectivity index (χ2v) is 7.84. The molecule has 0 radical (unpaired) electrons. The highest BCUT2D eigenvalue weighted by Crippen LogP contribution is 2.35. The quantitative estimate of drug-likeness (QED) is 0.843. The number of carbonyl (C=O) groups is 1. The largest absolute Gasteiger partial charge is 0.340 e. The minimum absolute atomic E-state index is 0.187. The number of fused-ring (bicyclic) bond motifs is 3. The van der Waals surface area contributed by atoms with Crippen molar-refractivity contribution in [3.05, 3.63) is 39.7 Å². The predicted molar refractivity (Wildman–Crippen MR) is 97.1 cm³/mol. The summed E-state index contributed by atoms with van der Waals surface area (Å²) in [7, 11) is 0. The molecule has 1 aromatic carbocycles. The molecule has 1 aliphatic heterocycles. The molecule has 1 saturated heterocycles. The van der Waals surface area contributed by atoms with Gasteiger partial charge in [-0.3, -0.25) is 9.69 Å². The summed E-state index contributed by atoms with van der Waals surface area (Å²) in [5.41, 5.74) is 3.97. The van der Waals surface area contributed by atoms with Crippen LogP contribution < -0.4 is 0 Å². The van der Waals surface area contributed by atoms with E-state index in [0.29, 0.717) is 0 Å². The number of benzene rings is 1. The normalized spacial score (nSPS) is 18.0. The first-order valence-electron chi connectivity index (χ1n) is 8.75. The van der Waals surface area contributed by atoms with Crippen LogP contribution in [0.15, 0.2) is 24.3 Å². The van der Waals surface area contributed by atoms with Crippen LogP contribution in [-0.2, 0) is 24.2 Å². The lowest BCUT2D eigenvalue weighted by Crippen LogP contribution is -2.47. The first-order valence-corrected chi connectivity index (χ1v) is 9.57. The third-order valence-electron chi connectivity index (χ3n) is 5.04. The molecule has 1 fully saturated rings. The summed E-state index contributed by atoms with van der Waals surface area (Å²) in [4.78, 5) is 22.2. The minimum atomic E-state index is 0.187. The van der Waals surface area contributed by atoms with E-state index in [4.69, 9.17) is 4.98 Å². The monoisotopic (exact) mass is 341 g/mol. The van der Waals surface area contributed by atoms with E-state index in [2.05, 4.69) is 29.2 Å².